The molecule has 0 N–H and O–H groups in total. The molecule has 2 atom stereocenters. The van der Waals surface area contributed by atoms with Crippen LogP contribution in [0.25, 0.3) is 0 Å². The fourth-order valence-corrected chi connectivity index (χ4v) is 3.08. The van der Waals surface area contributed by atoms with Crippen molar-refractivity contribution in [2.24, 2.45) is 0 Å². The lowest BCUT2D eigenvalue weighted by atomic mass is 9.93. The first kappa shape index (κ1) is 14.3. The Kier molecular flexibility index (Phi) is 4.46. The molecule has 0 spiro atoms. The van der Waals surface area contributed by atoms with E-state index in [2.05, 4.69) is 0 Å². The minimum atomic E-state index is -0.285. The van der Waals surface area contributed by atoms with Crippen LogP contribution in [0.15, 0.2) is 18.2 Å². The van der Waals surface area contributed by atoms with Gasteiger partial charge in [-0.1, -0.05) is 12.8 Å². The van der Waals surface area contributed by atoms with Crippen LogP contribution in [0.2, 0.25) is 0 Å². The molecule has 104 valence electrons. The minimum Gasteiger partial charge on any atom is -0.337 e. The summed E-state index contributed by atoms with van der Waals surface area (Å²) in [5.41, 5.74) is 1.01. The molecule has 1 aliphatic carbocycles. The molecule has 1 fully saturated rings. The van der Waals surface area contributed by atoms with Gasteiger partial charge in [-0.15, -0.1) is 11.6 Å². The van der Waals surface area contributed by atoms with Crippen LogP contribution in [0, 0.1) is 12.7 Å². The van der Waals surface area contributed by atoms with Gasteiger partial charge in [0.05, 0.1) is 5.38 Å². The Bertz CT molecular complexity index is 477. The van der Waals surface area contributed by atoms with E-state index in [1.165, 1.54) is 12.1 Å². The quantitative estimate of drug-likeness (QED) is 0.757. The lowest BCUT2D eigenvalue weighted by molar-refractivity contribution is 0.0700. The first-order chi connectivity index (χ1) is 9.00. The SMILES string of the molecule is Cc1cc(C(=O)N(C)C2CCCCC2Cl)ccc1F. The number of rotatable bonds is 2. The maximum Gasteiger partial charge on any atom is 0.253 e. The summed E-state index contributed by atoms with van der Waals surface area (Å²) in [6, 6.07) is 4.55. The third-order valence-electron chi connectivity index (χ3n) is 3.87. The van der Waals surface area contributed by atoms with Crippen LogP contribution in [0.5, 0.6) is 0 Å². The van der Waals surface area contributed by atoms with Crippen LogP contribution in [0.1, 0.15) is 41.6 Å². The van der Waals surface area contributed by atoms with Gasteiger partial charge in [0.2, 0.25) is 0 Å². The fourth-order valence-electron chi connectivity index (χ4n) is 2.63. The zero-order valence-corrected chi connectivity index (χ0v) is 12.1. The van der Waals surface area contributed by atoms with Crippen molar-refractivity contribution in [2.75, 3.05) is 7.05 Å². The van der Waals surface area contributed by atoms with Gasteiger partial charge in [0.25, 0.3) is 5.91 Å². The van der Waals surface area contributed by atoms with Crippen LogP contribution in [-0.4, -0.2) is 29.3 Å². The average Bonchev–Trinajstić information content (AvgIpc) is 2.41. The molecule has 19 heavy (non-hydrogen) atoms. The molecule has 1 saturated carbocycles. The molecule has 0 heterocycles. The van der Waals surface area contributed by atoms with Gasteiger partial charge in [-0.2, -0.15) is 0 Å². The van der Waals surface area contributed by atoms with E-state index >= 15 is 0 Å². The molecule has 0 saturated heterocycles. The fraction of sp³-hybridized carbons (Fsp3) is 0.533. The van der Waals surface area contributed by atoms with Crippen LogP contribution in [-0.2, 0) is 0 Å². The smallest absolute Gasteiger partial charge is 0.253 e. The predicted molar refractivity (Wildman–Crippen MR) is 75.1 cm³/mol. The number of hydrogen-bond donors (Lipinski definition) is 0. The molecule has 1 aromatic carbocycles. The molecule has 0 aromatic heterocycles. The summed E-state index contributed by atoms with van der Waals surface area (Å²) in [4.78, 5) is 14.1. The van der Waals surface area contributed by atoms with E-state index in [9.17, 15) is 9.18 Å². The van der Waals surface area contributed by atoms with Crippen LogP contribution < -0.4 is 0 Å². The Morgan fingerprint density at radius 2 is 2.05 bits per heavy atom. The second kappa shape index (κ2) is 5.91. The second-order valence-electron chi connectivity index (χ2n) is 5.25. The highest BCUT2D eigenvalue weighted by Crippen LogP contribution is 2.27. The maximum atomic E-state index is 13.2. The topological polar surface area (TPSA) is 20.3 Å². The zero-order valence-electron chi connectivity index (χ0n) is 11.3. The average molecular weight is 284 g/mol. The largest absolute Gasteiger partial charge is 0.337 e. The highest BCUT2D eigenvalue weighted by Gasteiger charge is 2.29. The molecule has 0 radical (unpaired) electrons. The van der Waals surface area contributed by atoms with E-state index < -0.39 is 0 Å². The highest BCUT2D eigenvalue weighted by atomic mass is 35.5. The van der Waals surface area contributed by atoms with Gasteiger partial charge >= 0.3 is 0 Å². The number of amides is 1. The summed E-state index contributed by atoms with van der Waals surface area (Å²) in [6.45, 7) is 1.66. The molecule has 1 aliphatic rings. The summed E-state index contributed by atoms with van der Waals surface area (Å²) in [5.74, 6) is -0.368. The molecule has 2 nitrogen and oxygen atoms in total. The Labute approximate surface area is 118 Å². The molecular formula is C15H19ClFNO. The highest BCUT2D eigenvalue weighted by molar-refractivity contribution is 6.21. The molecular weight excluding hydrogens is 265 g/mol. The number of nitrogens with zero attached hydrogens (tertiary/aromatic N) is 1. The number of halogens is 2. The summed E-state index contributed by atoms with van der Waals surface area (Å²) < 4.78 is 13.2. The monoisotopic (exact) mass is 283 g/mol. The lowest BCUT2D eigenvalue weighted by Gasteiger charge is -2.35. The van der Waals surface area contributed by atoms with E-state index in [0.717, 1.165) is 25.7 Å². The summed E-state index contributed by atoms with van der Waals surface area (Å²) in [6.07, 6.45) is 4.12. The molecule has 2 rings (SSSR count). The first-order valence-corrected chi connectivity index (χ1v) is 7.11. The van der Waals surface area contributed by atoms with Gasteiger partial charge in [-0.05, 0) is 43.5 Å². The number of carbonyl (C=O) groups is 1. The van der Waals surface area contributed by atoms with E-state index in [1.54, 1.807) is 24.9 Å². The molecule has 2 unspecified atom stereocenters. The van der Waals surface area contributed by atoms with Gasteiger partial charge in [0.15, 0.2) is 0 Å². The molecule has 4 heteroatoms. The number of aryl methyl sites for hydroxylation is 1. The van der Waals surface area contributed by atoms with Crippen molar-refractivity contribution in [1.29, 1.82) is 0 Å². The molecule has 0 aliphatic heterocycles. The predicted octanol–water partition coefficient (Wildman–Crippen LogP) is 3.76. The summed E-state index contributed by atoms with van der Waals surface area (Å²) in [5, 5.41) is 0.0178. The van der Waals surface area contributed by atoms with Crippen molar-refractivity contribution in [3.8, 4) is 0 Å². The van der Waals surface area contributed by atoms with Gasteiger partial charge in [-0.25, -0.2) is 4.39 Å². The van der Waals surface area contributed by atoms with E-state index in [-0.39, 0.29) is 23.1 Å². The third kappa shape index (κ3) is 3.08. The summed E-state index contributed by atoms with van der Waals surface area (Å²) >= 11 is 6.31. The Balaban J connectivity index is 2.15. The Hall–Kier alpha value is -1.09. The van der Waals surface area contributed by atoms with Crippen molar-refractivity contribution in [2.45, 2.75) is 44.0 Å². The van der Waals surface area contributed by atoms with Gasteiger partial charge in [0.1, 0.15) is 5.82 Å². The van der Waals surface area contributed by atoms with Gasteiger partial charge in [0, 0.05) is 18.7 Å². The van der Waals surface area contributed by atoms with E-state index in [0.29, 0.717) is 11.1 Å². The molecule has 1 aromatic rings. The Morgan fingerprint density at radius 3 is 2.68 bits per heavy atom. The standard InChI is InChI=1S/C15H19ClFNO/c1-10-9-11(7-8-13(10)17)15(19)18(2)14-6-4-3-5-12(14)16/h7-9,12,14H,3-6H2,1-2H3. The normalized spacial score (nSPS) is 23.2. The minimum absolute atomic E-state index is 0.0178. The van der Waals surface area contributed by atoms with Crippen molar-refractivity contribution in [3.05, 3.63) is 35.1 Å². The summed E-state index contributed by atoms with van der Waals surface area (Å²) in [7, 11) is 1.78. The maximum absolute atomic E-state index is 13.2. The number of carbonyl (C=O) groups excluding carboxylic acids is 1. The Morgan fingerprint density at radius 1 is 1.37 bits per heavy atom. The van der Waals surface area contributed by atoms with E-state index in [4.69, 9.17) is 11.6 Å². The van der Waals surface area contributed by atoms with Crippen LogP contribution >= 0.6 is 11.6 Å². The zero-order chi connectivity index (χ0) is 14.0. The molecule has 0 bridgehead atoms. The molecule has 1 amide bonds. The number of hydrogen-bond acceptors (Lipinski definition) is 1. The van der Waals surface area contributed by atoms with Crippen molar-refractivity contribution in [1.82, 2.24) is 4.90 Å². The van der Waals surface area contributed by atoms with Crippen molar-refractivity contribution in [3.63, 3.8) is 0 Å². The van der Waals surface area contributed by atoms with Crippen LogP contribution in [0.3, 0.4) is 0 Å². The van der Waals surface area contributed by atoms with E-state index in [1.807, 2.05) is 0 Å². The second-order valence-corrected chi connectivity index (χ2v) is 5.81. The number of benzene rings is 1. The first-order valence-electron chi connectivity index (χ1n) is 6.68. The van der Waals surface area contributed by atoms with Gasteiger partial charge in [-0.3, -0.25) is 4.79 Å². The van der Waals surface area contributed by atoms with Crippen molar-refractivity contribution < 1.29 is 9.18 Å². The van der Waals surface area contributed by atoms with Crippen LogP contribution in [0.4, 0.5) is 4.39 Å². The number of alkyl halides is 1. The van der Waals surface area contributed by atoms with Gasteiger partial charge < -0.3 is 4.90 Å². The lowest BCUT2D eigenvalue weighted by Crippen LogP contribution is -2.44. The van der Waals surface area contributed by atoms with Crippen molar-refractivity contribution >= 4 is 17.5 Å². The third-order valence-corrected chi connectivity index (χ3v) is 4.38.